The van der Waals surface area contributed by atoms with E-state index in [0.29, 0.717) is 41.4 Å². The maximum atomic E-state index is 13.6. The van der Waals surface area contributed by atoms with E-state index in [1.807, 2.05) is 32.0 Å². The molecule has 1 aromatic carbocycles. The van der Waals surface area contributed by atoms with Crippen LogP contribution in [0.3, 0.4) is 0 Å². The average molecular weight is 478 g/mol. The number of carbonyl (C=O) groups excluding carboxylic acids is 1. The third-order valence-corrected chi connectivity index (χ3v) is 6.36. The molecule has 1 aliphatic heterocycles. The van der Waals surface area contributed by atoms with Crippen molar-refractivity contribution in [2.75, 3.05) is 6.54 Å². The second-order valence-corrected chi connectivity index (χ2v) is 8.64. The fourth-order valence-electron chi connectivity index (χ4n) is 4.21. The maximum absolute atomic E-state index is 13.6. The zero-order valence-corrected chi connectivity index (χ0v) is 19.3. The van der Waals surface area contributed by atoms with Gasteiger partial charge in [0.2, 0.25) is 0 Å². The van der Waals surface area contributed by atoms with E-state index in [-0.39, 0.29) is 22.5 Å². The Morgan fingerprint density at radius 1 is 1.09 bits per heavy atom. The highest BCUT2D eigenvalue weighted by molar-refractivity contribution is 6.31. The van der Waals surface area contributed by atoms with Gasteiger partial charge in [0.1, 0.15) is 17.2 Å². The van der Waals surface area contributed by atoms with Crippen LogP contribution in [-0.4, -0.2) is 36.5 Å². The Kier molecular flexibility index (Phi) is 5.53. The lowest BCUT2D eigenvalue weighted by atomic mass is 10.1. The zero-order chi connectivity index (χ0) is 24.0. The first-order valence-electron chi connectivity index (χ1n) is 10.8. The summed E-state index contributed by atoms with van der Waals surface area (Å²) in [5, 5.41) is 0.0243. The predicted octanol–water partition coefficient (Wildman–Crippen LogP) is 4.41. The molecule has 3 aromatic heterocycles. The number of amides is 1. The van der Waals surface area contributed by atoms with Crippen molar-refractivity contribution in [3.8, 4) is 16.9 Å². The van der Waals surface area contributed by atoms with Gasteiger partial charge in [-0.25, -0.2) is 9.37 Å². The molecule has 172 valence electrons. The highest BCUT2D eigenvalue weighted by Gasteiger charge is 2.30. The fraction of sp³-hybridized carbons (Fsp3) is 0.200. The van der Waals surface area contributed by atoms with E-state index in [9.17, 15) is 14.0 Å². The van der Waals surface area contributed by atoms with Crippen molar-refractivity contribution in [1.82, 2.24) is 24.0 Å². The molecule has 0 saturated carbocycles. The first kappa shape index (κ1) is 22.0. The Morgan fingerprint density at radius 3 is 2.65 bits per heavy atom. The molecule has 4 heterocycles. The summed E-state index contributed by atoms with van der Waals surface area (Å²) in [6, 6.07) is 13.0. The number of fused-ring (bicyclic) bond motifs is 1. The van der Waals surface area contributed by atoms with Gasteiger partial charge in [-0.3, -0.25) is 14.6 Å². The molecule has 0 bridgehead atoms. The highest BCUT2D eigenvalue weighted by Crippen LogP contribution is 2.28. The summed E-state index contributed by atoms with van der Waals surface area (Å²) in [6.07, 6.45) is 3.36. The highest BCUT2D eigenvalue weighted by atomic mass is 35.5. The van der Waals surface area contributed by atoms with Crippen molar-refractivity contribution >= 4 is 17.5 Å². The molecule has 7 nitrogen and oxygen atoms in total. The number of aryl methyl sites for hydroxylation is 1. The molecule has 0 unspecified atom stereocenters. The van der Waals surface area contributed by atoms with Crippen LogP contribution in [0.2, 0.25) is 5.02 Å². The largest absolute Gasteiger partial charge is 0.327 e. The van der Waals surface area contributed by atoms with Gasteiger partial charge < -0.3 is 14.0 Å². The van der Waals surface area contributed by atoms with E-state index in [1.165, 1.54) is 16.7 Å². The molecule has 0 aliphatic carbocycles. The SMILES string of the molecule is Cc1cn(-c2ccc3n(c2=O)CCN([C@@H](C)c2cccc(-c4ccc(F)c(Cl)c4)n2)C3=O)cn1. The lowest BCUT2D eigenvalue weighted by Gasteiger charge is -2.34. The normalized spacial score (nSPS) is 14.2. The quantitative estimate of drug-likeness (QED) is 0.436. The number of hydrogen-bond donors (Lipinski definition) is 0. The second kappa shape index (κ2) is 8.53. The predicted molar refractivity (Wildman–Crippen MR) is 127 cm³/mol. The van der Waals surface area contributed by atoms with E-state index in [2.05, 4.69) is 4.98 Å². The van der Waals surface area contributed by atoms with Crippen molar-refractivity contribution in [3.63, 3.8) is 0 Å². The molecule has 5 rings (SSSR count). The summed E-state index contributed by atoms with van der Waals surface area (Å²) in [5.41, 5.74) is 3.36. The molecule has 4 aromatic rings. The maximum Gasteiger partial charge on any atom is 0.275 e. The van der Waals surface area contributed by atoms with Gasteiger partial charge in [-0.2, -0.15) is 0 Å². The number of nitrogens with zero attached hydrogens (tertiary/aromatic N) is 5. The minimum atomic E-state index is -0.492. The third kappa shape index (κ3) is 3.80. The van der Waals surface area contributed by atoms with Crippen LogP contribution in [0.15, 0.2) is 65.8 Å². The fourth-order valence-corrected chi connectivity index (χ4v) is 4.39. The zero-order valence-electron chi connectivity index (χ0n) is 18.6. The van der Waals surface area contributed by atoms with E-state index in [4.69, 9.17) is 16.6 Å². The molecule has 0 N–H and O–H groups in total. The van der Waals surface area contributed by atoms with Gasteiger partial charge in [-0.15, -0.1) is 0 Å². The number of halogens is 2. The minimum Gasteiger partial charge on any atom is -0.327 e. The van der Waals surface area contributed by atoms with Crippen LogP contribution in [0.5, 0.6) is 0 Å². The summed E-state index contributed by atoms with van der Waals surface area (Å²) in [4.78, 5) is 37.0. The first-order chi connectivity index (χ1) is 16.3. The van der Waals surface area contributed by atoms with Crippen LogP contribution in [0.1, 0.15) is 34.8 Å². The lowest BCUT2D eigenvalue weighted by molar-refractivity contribution is 0.0624. The molecule has 1 aliphatic rings. The topological polar surface area (TPSA) is 73.0 Å². The van der Waals surface area contributed by atoms with Gasteiger partial charge in [0, 0.05) is 24.8 Å². The van der Waals surface area contributed by atoms with Crippen molar-refractivity contribution in [3.05, 3.63) is 99.3 Å². The standard InChI is InChI=1S/C25H21ClFN5O2/c1-15-13-30(14-28-15)22-8-9-23-25(34)31(10-11-32(23)24(22)33)16(2)20-4-3-5-21(29-20)17-6-7-19(27)18(26)12-17/h3-9,12-14,16H,10-11H2,1-2H3/t16-/m0/s1. The molecule has 0 fully saturated rings. The van der Waals surface area contributed by atoms with Gasteiger partial charge in [0.25, 0.3) is 11.5 Å². The molecule has 9 heteroatoms. The number of benzene rings is 1. The Balaban J connectivity index is 1.44. The summed E-state index contributed by atoms with van der Waals surface area (Å²) >= 11 is 5.93. The number of carbonyl (C=O) groups is 1. The van der Waals surface area contributed by atoms with E-state index in [1.54, 1.807) is 40.2 Å². The monoisotopic (exact) mass is 477 g/mol. The van der Waals surface area contributed by atoms with Crippen LogP contribution in [0, 0.1) is 12.7 Å². The third-order valence-electron chi connectivity index (χ3n) is 6.07. The first-order valence-corrected chi connectivity index (χ1v) is 11.2. The van der Waals surface area contributed by atoms with E-state index >= 15 is 0 Å². The lowest BCUT2D eigenvalue weighted by Crippen LogP contribution is -2.46. The number of pyridine rings is 2. The smallest absolute Gasteiger partial charge is 0.275 e. The van der Waals surface area contributed by atoms with Crippen LogP contribution in [-0.2, 0) is 6.54 Å². The van der Waals surface area contributed by atoms with Crippen LogP contribution < -0.4 is 5.56 Å². The molecule has 1 amide bonds. The van der Waals surface area contributed by atoms with Gasteiger partial charge >= 0.3 is 0 Å². The summed E-state index contributed by atoms with van der Waals surface area (Å²) < 4.78 is 16.7. The van der Waals surface area contributed by atoms with Crippen molar-refractivity contribution < 1.29 is 9.18 Å². The van der Waals surface area contributed by atoms with Crippen LogP contribution in [0.25, 0.3) is 16.9 Å². The molecule has 1 atom stereocenters. The van der Waals surface area contributed by atoms with Crippen molar-refractivity contribution in [2.45, 2.75) is 26.4 Å². The molecular formula is C25H21ClFN5O2. The van der Waals surface area contributed by atoms with Crippen LogP contribution >= 0.6 is 11.6 Å². The summed E-state index contributed by atoms with van der Waals surface area (Å²) in [6.45, 7) is 4.49. The molecule has 34 heavy (non-hydrogen) atoms. The molecule has 0 saturated heterocycles. The Labute approximate surface area is 200 Å². The number of imidazole rings is 1. The van der Waals surface area contributed by atoms with Gasteiger partial charge in [-0.1, -0.05) is 17.7 Å². The molecular weight excluding hydrogens is 457 g/mol. The Bertz CT molecular complexity index is 1480. The van der Waals surface area contributed by atoms with E-state index in [0.717, 1.165) is 5.69 Å². The molecule has 0 radical (unpaired) electrons. The van der Waals surface area contributed by atoms with Crippen molar-refractivity contribution in [1.29, 1.82) is 0 Å². The van der Waals surface area contributed by atoms with Gasteiger partial charge in [0.05, 0.1) is 34.5 Å². The average Bonchev–Trinajstić information content (AvgIpc) is 3.27. The second-order valence-electron chi connectivity index (χ2n) is 8.23. The number of aromatic nitrogens is 4. The molecule has 0 spiro atoms. The summed E-state index contributed by atoms with van der Waals surface area (Å²) in [5.74, 6) is -0.727. The number of rotatable bonds is 4. The van der Waals surface area contributed by atoms with Gasteiger partial charge in [0.15, 0.2) is 0 Å². The van der Waals surface area contributed by atoms with Gasteiger partial charge in [-0.05, 0) is 56.3 Å². The Morgan fingerprint density at radius 2 is 1.91 bits per heavy atom. The van der Waals surface area contributed by atoms with Crippen molar-refractivity contribution in [2.24, 2.45) is 0 Å². The number of hydrogen-bond acceptors (Lipinski definition) is 4. The minimum absolute atomic E-state index is 0.0243. The van der Waals surface area contributed by atoms with E-state index < -0.39 is 5.82 Å². The Hall–Kier alpha value is -3.78. The van der Waals surface area contributed by atoms with Crippen LogP contribution in [0.4, 0.5) is 4.39 Å². The summed E-state index contributed by atoms with van der Waals surface area (Å²) in [7, 11) is 0.